The molecular formula is C13H26O3. The Balaban J connectivity index is 3.65. The van der Waals surface area contributed by atoms with Gasteiger partial charge in [-0.05, 0) is 20.3 Å². The van der Waals surface area contributed by atoms with Crippen molar-refractivity contribution in [3.8, 4) is 0 Å². The standard InChI is InChI=1S/C13H26O3/c1-4-5-6-7-8-9-10-11(14)13(2,3)12(15)16/h11,14H,4-10H2,1-3H3,(H,15,16). The van der Waals surface area contributed by atoms with Crippen LogP contribution < -0.4 is 0 Å². The molecule has 0 aromatic carbocycles. The molecule has 1 atom stereocenters. The Morgan fingerprint density at radius 2 is 1.62 bits per heavy atom. The highest BCUT2D eigenvalue weighted by molar-refractivity contribution is 5.74. The summed E-state index contributed by atoms with van der Waals surface area (Å²) in [6.07, 6.45) is 6.79. The van der Waals surface area contributed by atoms with E-state index < -0.39 is 17.5 Å². The highest BCUT2D eigenvalue weighted by Crippen LogP contribution is 2.25. The second kappa shape index (κ2) is 7.66. The molecule has 0 bridgehead atoms. The second-order valence-corrected chi connectivity index (χ2v) is 5.10. The maximum atomic E-state index is 10.9. The molecule has 0 aliphatic carbocycles. The number of rotatable bonds is 9. The third-order valence-electron chi connectivity index (χ3n) is 3.22. The number of carboxylic acid groups (broad SMARTS) is 1. The van der Waals surface area contributed by atoms with Crippen LogP contribution in [0.2, 0.25) is 0 Å². The van der Waals surface area contributed by atoms with Crippen LogP contribution in [0.25, 0.3) is 0 Å². The van der Waals surface area contributed by atoms with Gasteiger partial charge in [-0.25, -0.2) is 0 Å². The summed E-state index contributed by atoms with van der Waals surface area (Å²) >= 11 is 0. The average molecular weight is 230 g/mol. The predicted octanol–water partition coefficient (Wildman–Crippen LogP) is 3.21. The zero-order valence-electron chi connectivity index (χ0n) is 10.8. The van der Waals surface area contributed by atoms with Crippen molar-refractivity contribution >= 4 is 5.97 Å². The molecule has 0 rings (SSSR count). The van der Waals surface area contributed by atoms with Crippen LogP contribution >= 0.6 is 0 Å². The van der Waals surface area contributed by atoms with Gasteiger partial charge < -0.3 is 10.2 Å². The molecule has 0 heterocycles. The summed E-state index contributed by atoms with van der Waals surface area (Å²) in [5.41, 5.74) is -1.02. The summed E-state index contributed by atoms with van der Waals surface area (Å²) in [5, 5.41) is 18.7. The zero-order valence-corrected chi connectivity index (χ0v) is 10.8. The number of aliphatic hydroxyl groups excluding tert-OH is 1. The molecule has 0 saturated carbocycles. The smallest absolute Gasteiger partial charge is 0.311 e. The summed E-state index contributed by atoms with van der Waals surface area (Å²) < 4.78 is 0. The van der Waals surface area contributed by atoms with Crippen molar-refractivity contribution in [2.45, 2.75) is 71.8 Å². The van der Waals surface area contributed by atoms with Crippen LogP contribution in [0.3, 0.4) is 0 Å². The minimum Gasteiger partial charge on any atom is -0.481 e. The van der Waals surface area contributed by atoms with Gasteiger partial charge in [0.1, 0.15) is 0 Å². The molecule has 0 aliphatic rings. The number of hydrogen-bond acceptors (Lipinski definition) is 2. The van der Waals surface area contributed by atoms with Gasteiger partial charge in [-0.15, -0.1) is 0 Å². The van der Waals surface area contributed by atoms with Gasteiger partial charge in [0.25, 0.3) is 0 Å². The molecule has 0 aromatic rings. The Kier molecular flexibility index (Phi) is 7.39. The van der Waals surface area contributed by atoms with Gasteiger partial charge in [-0.3, -0.25) is 4.79 Å². The monoisotopic (exact) mass is 230 g/mol. The Morgan fingerprint density at radius 3 is 2.12 bits per heavy atom. The molecule has 0 radical (unpaired) electrons. The maximum Gasteiger partial charge on any atom is 0.311 e. The van der Waals surface area contributed by atoms with E-state index in [0.717, 1.165) is 12.8 Å². The molecule has 0 aliphatic heterocycles. The number of aliphatic carboxylic acids is 1. The van der Waals surface area contributed by atoms with E-state index in [4.69, 9.17) is 5.11 Å². The van der Waals surface area contributed by atoms with Crippen LogP contribution in [0.5, 0.6) is 0 Å². The Morgan fingerprint density at radius 1 is 1.12 bits per heavy atom. The van der Waals surface area contributed by atoms with E-state index in [9.17, 15) is 9.90 Å². The lowest BCUT2D eigenvalue weighted by atomic mass is 9.84. The van der Waals surface area contributed by atoms with E-state index >= 15 is 0 Å². The van der Waals surface area contributed by atoms with Gasteiger partial charge in [0.05, 0.1) is 11.5 Å². The molecule has 3 nitrogen and oxygen atoms in total. The van der Waals surface area contributed by atoms with Gasteiger partial charge in [0.15, 0.2) is 0 Å². The predicted molar refractivity (Wildman–Crippen MR) is 65.4 cm³/mol. The Labute approximate surface area is 98.9 Å². The van der Waals surface area contributed by atoms with Crippen molar-refractivity contribution < 1.29 is 15.0 Å². The SMILES string of the molecule is CCCCCCCCC(O)C(C)(C)C(=O)O. The third-order valence-corrected chi connectivity index (χ3v) is 3.22. The molecular weight excluding hydrogens is 204 g/mol. The van der Waals surface area contributed by atoms with Crippen molar-refractivity contribution in [2.75, 3.05) is 0 Å². The summed E-state index contributed by atoms with van der Waals surface area (Å²) in [5.74, 6) is -0.925. The summed E-state index contributed by atoms with van der Waals surface area (Å²) in [6.45, 7) is 5.34. The number of carbonyl (C=O) groups is 1. The van der Waals surface area contributed by atoms with Crippen molar-refractivity contribution in [3.63, 3.8) is 0 Å². The molecule has 0 saturated heterocycles. The van der Waals surface area contributed by atoms with Crippen LogP contribution in [0.15, 0.2) is 0 Å². The fraction of sp³-hybridized carbons (Fsp3) is 0.923. The van der Waals surface area contributed by atoms with E-state index in [1.165, 1.54) is 25.7 Å². The van der Waals surface area contributed by atoms with Crippen LogP contribution in [0.1, 0.15) is 65.7 Å². The van der Waals surface area contributed by atoms with Crippen molar-refractivity contribution in [1.29, 1.82) is 0 Å². The molecule has 0 spiro atoms. The molecule has 0 amide bonds. The normalized spacial score (nSPS) is 13.8. The molecule has 0 fully saturated rings. The highest BCUT2D eigenvalue weighted by Gasteiger charge is 2.34. The largest absolute Gasteiger partial charge is 0.481 e. The fourth-order valence-corrected chi connectivity index (χ4v) is 1.62. The van der Waals surface area contributed by atoms with E-state index in [1.54, 1.807) is 13.8 Å². The summed E-state index contributed by atoms with van der Waals surface area (Å²) in [7, 11) is 0. The van der Waals surface area contributed by atoms with E-state index in [-0.39, 0.29) is 0 Å². The number of carboxylic acids is 1. The van der Waals surface area contributed by atoms with Gasteiger partial charge in [-0.1, -0.05) is 45.4 Å². The average Bonchev–Trinajstić information content (AvgIpc) is 2.22. The number of unbranched alkanes of at least 4 members (excludes halogenated alkanes) is 5. The molecule has 2 N–H and O–H groups in total. The Bertz CT molecular complexity index is 199. The summed E-state index contributed by atoms with van der Waals surface area (Å²) in [6, 6.07) is 0. The number of aliphatic hydroxyl groups is 1. The zero-order chi connectivity index (χ0) is 12.6. The van der Waals surface area contributed by atoms with Gasteiger partial charge in [0.2, 0.25) is 0 Å². The second-order valence-electron chi connectivity index (χ2n) is 5.10. The van der Waals surface area contributed by atoms with E-state index in [0.29, 0.717) is 6.42 Å². The maximum absolute atomic E-state index is 10.9. The minimum atomic E-state index is -1.02. The van der Waals surface area contributed by atoms with E-state index in [1.807, 2.05) is 0 Å². The van der Waals surface area contributed by atoms with Crippen molar-refractivity contribution in [3.05, 3.63) is 0 Å². The van der Waals surface area contributed by atoms with E-state index in [2.05, 4.69) is 6.92 Å². The Hall–Kier alpha value is -0.570. The molecule has 0 aromatic heterocycles. The first kappa shape index (κ1) is 15.4. The fourth-order valence-electron chi connectivity index (χ4n) is 1.62. The van der Waals surface area contributed by atoms with Gasteiger partial charge in [0, 0.05) is 0 Å². The van der Waals surface area contributed by atoms with Crippen LogP contribution in [0.4, 0.5) is 0 Å². The van der Waals surface area contributed by atoms with Crippen molar-refractivity contribution in [2.24, 2.45) is 5.41 Å². The molecule has 16 heavy (non-hydrogen) atoms. The quantitative estimate of drug-likeness (QED) is 0.598. The highest BCUT2D eigenvalue weighted by atomic mass is 16.4. The molecule has 1 unspecified atom stereocenters. The van der Waals surface area contributed by atoms with Crippen LogP contribution in [0, 0.1) is 5.41 Å². The van der Waals surface area contributed by atoms with Gasteiger partial charge in [-0.2, -0.15) is 0 Å². The first-order chi connectivity index (χ1) is 7.42. The lowest BCUT2D eigenvalue weighted by molar-refractivity contribution is -0.153. The molecule has 3 heteroatoms. The van der Waals surface area contributed by atoms with Gasteiger partial charge >= 0.3 is 5.97 Å². The lowest BCUT2D eigenvalue weighted by Gasteiger charge is -2.25. The summed E-state index contributed by atoms with van der Waals surface area (Å²) in [4.78, 5) is 10.9. The van der Waals surface area contributed by atoms with Crippen LogP contribution in [-0.4, -0.2) is 22.3 Å². The first-order valence-corrected chi connectivity index (χ1v) is 6.34. The van der Waals surface area contributed by atoms with Crippen LogP contribution in [-0.2, 0) is 4.79 Å². The lowest BCUT2D eigenvalue weighted by Crippen LogP contribution is -2.36. The van der Waals surface area contributed by atoms with Crippen molar-refractivity contribution in [1.82, 2.24) is 0 Å². The first-order valence-electron chi connectivity index (χ1n) is 6.34. The molecule has 96 valence electrons. The topological polar surface area (TPSA) is 57.5 Å². The minimum absolute atomic E-state index is 0.589. The number of hydrogen-bond donors (Lipinski definition) is 2. The third kappa shape index (κ3) is 5.50.